The molecule has 0 spiro atoms. The summed E-state index contributed by atoms with van der Waals surface area (Å²) >= 11 is 0. The SMILES string of the molecule is O=C(NCCC1CCCCC1)n1cnnn1. The van der Waals surface area contributed by atoms with Crippen molar-refractivity contribution >= 4 is 6.03 Å². The summed E-state index contributed by atoms with van der Waals surface area (Å²) in [4.78, 5) is 11.5. The summed E-state index contributed by atoms with van der Waals surface area (Å²) in [5.74, 6) is 0.780. The fraction of sp³-hybridized carbons (Fsp3) is 0.800. The van der Waals surface area contributed by atoms with E-state index in [4.69, 9.17) is 0 Å². The topological polar surface area (TPSA) is 72.7 Å². The van der Waals surface area contributed by atoms with Gasteiger partial charge in [-0.25, -0.2) is 4.79 Å². The molecule has 88 valence electrons. The quantitative estimate of drug-likeness (QED) is 0.781. The summed E-state index contributed by atoms with van der Waals surface area (Å²) in [5.41, 5.74) is 0. The first-order chi connectivity index (χ1) is 7.86. The van der Waals surface area contributed by atoms with Crippen molar-refractivity contribution in [2.24, 2.45) is 5.92 Å². The molecule has 0 bridgehead atoms. The van der Waals surface area contributed by atoms with Crippen LogP contribution in [0.3, 0.4) is 0 Å². The molecule has 0 atom stereocenters. The number of hydrogen-bond acceptors (Lipinski definition) is 4. The standard InChI is InChI=1S/C10H17N5O/c16-10(15-8-12-13-14-15)11-7-6-9-4-2-1-3-5-9/h8-9H,1-7H2,(H,11,16). The van der Waals surface area contributed by atoms with Crippen LogP contribution in [-0.4, -0.2) is 32.8 Å². The molecule has 16 heavy (non-hydrogen) atoms. The zero-order valence-corrected chi connectivity index (χ0v) is 9.30. The van der Waals surface area contributed by atoms with Crippen LogP contribution >= 0.6 is 0 Å². The summed E-state index contributed by atoms with van der Waals surface area (Å²) < 4.78 is 1.11. The maximum atomic E-state index is 11.5. The Hall–Kier alpha value is -1.46. The molecule has 1 amide bonds. The van der Waals surface area contributed by atoms with E-state index in [1.54, 1.807) is 0 Å². The van der Waals surface area contributed by atoms with E-state index in [1.807, 2.05) is 0 Å². The Morgan fingerprint density at radius 3 is 2.88 bits per heavy atom. The highest BCUT2D eigenvalue weighted by atomic mass is 16.2. The van der Waals surface area contributed by atoms with Crippen molar-refractivity contribution in [3.63, 3.8) is 0 Å². The van der Waals surface area contributed by atoms with Gasteiger partial charge in [0.15, 0.2) is 0 Å². The molecular formula is C10H17N5O. The number of aromatic nitrogens is 4. The maximum absolute atomic E-state index is 11.5. The molecule has 1 saturated carbocycles. The minimum Gasteiger partial charge on any atom is -0.336 e. The minimum atomic E-state index is -0.249. The second-order valence-electron chi connectivity index (χ2n) is 4.28. The van der Waals surface area contributed by atoms with Gasteiger partial charge in [0.25, 0.3) is 0 Å². The molecular weight excluding hydrogens is 206 g/mol. The van der Waals surface area contributed by atoms with Gasteiger partial charge in [0.2, 0.25) is 0 Å². The van der Waals surface area contributed by atoms with E-state index in [-0.39, 0.29) is 6.03 Å². The molecule has 1 N–H and O–H groups in total. The van der Waals surface area contributed by atoms with Crippen molar-refractivity contribution in [3.05, 3.63) is 6.33 Å². The summed E-state index contributed by atoms with van der Waals surface area (Å²) in [7, 11) is 0. The van der Waals surface area contributed by atoms with Gasteiger partial charge < -0.3 is 5.32 Å². The molecule has 0 aromatic carbocycles. The lowest BCUT2D eigenvalue weighted by atomic mass is 9.87. The Bertz CT molecular complexity index is 318. The number of nitrogens with zero attached hydrogens (tertiary/aromatic N) is 4. The molecule has 1 aromatic heterocycles. The van der Waals surface area contributed by atoms with Crippen LogP contribution < -0.4 is 5.32 Å². The number of tetrazole rings is 1. The number of carbonyl (C=O) groups excluding carboxylic acids is 1. The molecule has 1 aromatic rings. The average molecular weight is 223 g/mol. The van der Waals surface area contributed by atoms with Crippen molar-refractivity contribution in [1.29, 1.82) is 0 Å². The largest absolute Gasteiger partial charge is 0.345 e. The van der Waals surface area contributed by atoms with Crippen LogP contribution in [0.5, 0.6) is 0 Å². The average Bonchev–Trinajstić information content (AvgIpc) is 2.84. The number of hydrogen-bond donors (Lipinski definition) is 1. The third-order valence-electron chi connectivity index (χ3n) is 3.11. The van der Waals surface area contributed by atoms with Crippen LogP contribution in [-0.2, 0) is 0 Å². The number of carbonyl (C=O) groups is 1. The van der Waals surface area contributed by atoms with E-state index < -0.39 is 0 Å². The molecule has 6 heteroatoms. The van der Waals surface area contributed by atoms with E-state index in [1.165, 1.54) is 38.4 Å². The van der Waals surface area contributed by atoms with Gasteiger partial charge in [-0.3, -0.25) is 0 Å². The van der Waals surface area contributed by atoms with Crippen LogP contribution in [0, 0.1) is 5.92 Å². The summed E-state index contributed by atoms with van der Waals surface area (Å²) in [6.45, 7) is 0.712. The van der Waals surface area contributed by atoms with E-state index in [2.05, 4.69) is 20.8 Å². The predicted molar refractivity (Wildman–Crippen MR) is 57.8 cm³/mol. The predicted octanol–water partition coefficient (Wildman–Crippen LogP) is 1.20. The van der Waals surface area contributed by atoms with E-state index >= 15 is 0 Å². The molecule has 0 aliphatic heterocycles. The van der Waals surface area contributed by atoms with Gasteiger partial charge >= 0.3 is 6.03 Å². The van der Waals surface area contributed by atoms with Gasteiger partial charge in [-0.1, -0.05) is 32.1 Å². The smallest absolute Gasteiger partial charge is 0.336 e. The molecule has 1 aliphatic rings. The van der Waals surface area contributed by atoms with Crippen LogP contribution in [0.15, 0.2) is 6.33 Å². The molecule has 0 unspecified atom stereocenters. The first-order valence-electron chi connectivity index (χ1n) is 5.87. The first-order valence-corrected chi connectivity index (χ1v) is 5.87. The fourth-order valence-corrected chi connectivity index (χ4v) is 2.19. The van der Waals surface area contributed by atoms with Gasteiger partial charge in [0.1, 0.15) is 6.33 Å². The van der Waals surface area contributed by atoms with Gasteiger partial charge in [-0.05, 0) is 22.8 Å². The van der Waals surface area contributed by atoms with Gasteiger partial charge in [0, 0.05) is 6.54 Å². The Morgan fingerprint density at radius 2 is 2.19 bits per heavy atom. The number of nitrogens with one attached hydrogen (secondary N) is 1. The Labute approximate surface area is 94.4 Å². The van der Waals surface area contributed by atoms with Crippen molar-refractivity contribution in [2.75, 3.05) is 6.54 Å². The lowest BCUT2D eigenvalue weighted by Gasteiger charge is -2.21. The second-order valence-corrected chi connectivity index (χ2v) is 4.28. The Balaban J connectivity index is 1.66. The Kier molecular flexibility index (Phi) is 3.85. The highest BCUT2D eigenvalue weighted by molar-refractivity contribution is 5.75. The monoisotopic (exact) mass is 223 g/mol. The third-order valence-corrected chi connectivity index (χ3v) is 3.11. The summed E-state index contributed by atoms with van der Waals surface area (Å²) in [6.07, 6.45) is 9.02. The lowest BCUT2D eigenvalue weighted by Crippen LogP contribution is -2.31. The van der Waals surface area contributed by atoms with Gasteiger partial charge in [-0.2, -0.15) is 0 Å². The third kappa shape index (κ3) is 3.01. The molecule has 0 radical (unpaired) electrons. The number of amides is 1. The van der Waals surface area contributed by atoms with Crippen LogP contribution in [0.2, 0.25) is 0 Å². The molecule has 6 nitrogen and oxygen atoms in total. The highest BCUT2D eigenvalue weighted by Crippen LogP contribution is 2.25. The van der Waals surface area contributed by atoms with Gasteiger partial charge in [0.05, 0.1) is 0 Å². The first kappa shape index (κ1) is 11.0. The zero-order chi connectivity index (χ0) is 11.2. The summed E-state index contributed by atoms with van der Waals surface area (Å²) in [5, 5.41) is 13.2. The van der Waals surface area contributed by atoms with Crippen LogP contribution in [0.1, 0.15) is 38.5 Å². The molecule has 2 rings (SSSR count). The van der Waals surface area contributed by atoms with E-state index in [9.17, 15) is 4.79 Å². The zero-order valence-electron chi connectivity index (χ0n) is 9.30. The minimum absolute atomic E-state index is 0.249. The van der Waals surface area contributed by atoms with Crippen molar-refractivity contribution in [1.82, 2.24) is 25.5 Å². The maximum Gasteiger partial charge on any atom is 0.345 e. The highest BCUT2D eigenvalue weighted by Gasteiger charge is 2.13. The van der Waals surface area contributed by atoms with Crippen molar-refractivity contribution in [2.45, 2.75) is 38.5 Å². The molecule has 1 fully saturated rings. The van der Waals surface area contributed by atoms with E-state index in [0.29, 0.717) is 6.54 Å². The molecule has 0 saturated heterocycles. The van der Waals surface area contributed by atoms with Crippen molar-refractivity contribution < 1.29 is 4.79 Å². The van der Waals surface area contributed by atoms with Gasteiger partial charge in [-0.15, -0.1) is 9.78 Å². The Morgan fingerprint density at radius 1 is 1.38 bits per heavy atom. The second kappa shape index (κ2) is 5.58. The number of rotatable bonds is 3. The van der Waals surface area contributed by atoms with E-state index in [0.717, 1.165) is 17.0 Å². The fourth-order valence-electron chi connectivity index (χ4n) is 2.19. The molecule has 1 heterocycles. The summed E-state index contributed by atoms with van der Waals surface area (Å²) in [6, 6.07) is -0.249. The lowest BCUT2D eigenvalue weighted by molar-refractivity contribution is 0.237. The normalized spacial score (nSPS) is 17.2. The van der Waals surface area contributed by atoms with Crippen LogP contribution in [0.4, 0.5) is 4.79 Å². The van der Waals surface area contributed by atoms with Crippen LogP contribution in [0.25, 0.3) is 0 Å². The molecule has 1 aliphatic carbocycles. The van der Waals surface area contributed by atoms with Crippen molar-refractivity contribution in [3.8, 4) is 0 Å².